The third kappa shape index (κ3) is 1.82. The van der Waals surface area contributed by atoms with E-state index in [2.05, 4.69) is 6.08 Å². The molecule has 0 bridgehead atoms. The minimum atomic E-state index is -0.389. The predicted molar refractivity (Wildman–Crippen MR) is 56.9 cm³/mol. The largest absolute Gasteiger partial charge is 0.423 e. The molecule has 2 rings (SSSR count). The number of quaternary nitrogens is 1. The Morgan fingerprint density at radius 1 is 1.33 bits per heavy atom. The molecule has 3 heteroatoms. The maximum Gasteiger partial charge on any atom is 0.423 e. The van der Waals surface area contributed by atoms with Gasteiger partial charge in [0, 0.05) is 17.7 Å². The van der Waals surface area contributed by atoms with Gasteiger partial charge >= 0.3 is 6.03 Å². The lowest BCUT2D eigenvalue weighted by molar-refractivity contribution is -0.754. The first-order chi connectivity index (χ1) is 7.23. The summed E-state index contributed by atoms with van der Waals surface area (Å²) in [5.74, 6) is 0. The van der Waals surface area contributed by atoms with Crippen molar-refractivity contribution in [1.29, 1.82) is 0 Å². The number of nitrogens with two attached hydrogens (primary N) is 1. The van der Waals surface area contributed by atoms with Gasteiger partial charge in [-0.3, -0.25) is 0 Å². The fraction of sp³-hybridized carbons (Fsp3) is 0.0833. The molecule has 75 valence electrons. The standard InChI is InChI=1S/C12H11N2O/c13-12(15)14(8-4-5-9-14)10-11-6-2-1-3-7-11/h1-4,6-9H,10H2,(H-,13,15)/p+1. The molecule has 1 aliphatic heterocycles. The second kappa shape index (κ2) is 3.71. The fourth-order valence-electron chi connectivity index (χ4n) is 1.59. The Kier molecular flexibility index (Phi) is 2.39. The molecule has 1 aliphatic rings. The second-order valence-corrected chi connectivity index (χ2v) is 3.52. The molecule has 1 aromatic rings. The Labute approximate surface area is 88.7 Å². The lowest BCUT2D eigenvalue weighted by Crippen LogP contribution is -2.45. The number of carbonyl (C=O) groups is 1. The number of carbonyl (C=O) groups excluding carboxylic acids is 1. The molecule has 1 aromatic carbocycles. The van der Waals surface area contributed by atoms with Gasteiger partial charge in [0.05, 0.1) is 0 Å². The molecule has 1 heterocycles. The average molecular weight is 200 g/mol. The number of allylic oxidation sites excluding steroid dienone is 2. The van der Waals surface area contributed by atoms with Crippen molar-refractivity contribution in [3.8, 4) is 0 Å². The SMILES string of the molecule is NC(=O)[N+]1(Cc2ccccc2)C=[C]C=C1. The average Bonchev–Trinajstić information content (AvgIpc) is 2.69. The molecule has 15 heavy (non-hydrogen) atoms. The highest BCUT2D eigenvalue weighted by Crippen LogP contribution is 2.20. The first-order valence-electron chi connectivity index (χ1n) is 4.72. The van der Waals surface area contributed by atoms with Gasteiger partial charge in [-0.2, -0.15) is 4.48 Å². The topological polar surface area (TPSA) is 43.1 Å². The van der Waals surface area contributed by atoms with Crippen LogP contribution >= 0.6 is 0 Å². The maximum absolute atomic E-state index is 11.4. The summed E-state index contributed by atoms with van der Waals surface area (Å²) in [4.78, 5) is 11.4. The molecule has 0 aliphatic carbocycles. The van der Waals surface area contributed by atoms with Crippen LogP contribution in [-0.2, 0) is 6.54 Å². The molecule has 0 saturated carbocycles. The summed E-state index contributed by atoms with van der Waals surface area (Å²) in [5, 5.41) is 0. The molecule has 0 fully saturated rings. The number of amides is 2. The summed E-state index contributed by atoms with van der Waals surface area (Å²) >= 11 is 0. The van der Waals surface area contributed by atoms with Crippen LogP contribution in [0.3, 0.4) is 0 Å². The smallest absolute Gasteiger partial charge is 0.318 e. The third-order valence-electron chi connectivity index (χ3n) is 2.44. The highest BCUT2D eigenvalue weighted by atomic mass is 16.2. The van der Waals surface area contributed by atoms with E-state index in [9.17, 15) is 4.79 Å². The van der Waals surface area contributed by atoms with Crippen molar-refractivity contribution >= 4 is 6.03 Å². The number of primary amides is 1. The number of benzene rings is 1. The van der Waals surface area contributed by atoms with Gasteiger partial charge in [-0.1, -0.05) is 30.3 Å². The Balaban J connectivity index is 2.27. The van der Waals surface area contributed by atoms with Gasteiger partial charge in [-0.15, -0.1) is 0 Å². The Morgan fingerprint density at radius 3 is 2.60 bits per heavy atom. The van der Waals surface area contributed by atoms with Gasteiger partial charge in [-0.25, -0.2) is 4.79 Å². The van der Waals surface area contributed by atoms with Crippen molar-refractivity contribution in [1.82, 2.24) is 0 Å². The first kappa shape index (κ1) is 9.68. The minimum Gasteiger partial charge on any atom is -0.318 e. The molecule has 2 amide bonds. The highest BCUT2D eigenvalue weighted by molar-refractivity contribution is 5.66. The maximum atomic E-state index is 11.4. The van der Waals surface area contributed by atoms with Crippen LogP contribution in [-0.4, -0.2) is 10.5 Å². The van der Waals surface area contributed by atoms with Gasteiger partial charge in [-0.05, 0) is 0 Å². The van der Waals surface area contributed by atoms with Crippen molar-refractivity contribution < 1.29 is 9.28 Å². The van der Waals surface area contributed by atoms with Crippen LogP contribution in [0.1, 0.15) is 5.56 Å². The summed E-state index contributed by atoms with van der Waals surface area (Å²) in [6.45, 7) is 0.541. The summed E-state index contributed by atoms with van der Waals surface area (Å²) in [6.07, 6.45) is 8.02. The van der Waals surface area contributed by atoms with Gasteiger partial charge in [0.2, 0.25) is 0 Å². The molecule has 1 atom stereocenters. The van der Waals surface area contributed by atoms with E-state index in [1.54, 1.807) is 18.5 Å². The number of rotatable bonds is 2. The van der Waals surface area contributed by atoms with Crippen LogP contribution in [0.15, 0.2) is 48.8 Å². The first-order valence-corrected chi connectivity index (χ1v) is 4.72. The number of nitrogens with zero attached hydrogens (tertiary/aromatic N) is 1. The molecule has 2 N–H and O–H groups in total. The van der Waals surface area contributed by atoms with Crippen LogP contribution in [0, 0.1) is 6.08 Å². The van der Waals surface area contributed by atoms with Crippen LogP contribution in [0.2, 0.25) is 0 Å². The van der Waals surface area contributed by atoms with E-state index >= 15 is 0 Å². The van der Waals surface area contributed by atoms with Crippen LogP contribution < -0.4 is 5.73 Å². The molecule has 1 unspecified atom stereocenters. The lowest BCUT2D eigenvalue weighted by atomic mass is 10.2. The zero-order chi connectivity index (χ0) is 10.7. The molecule has 0 saturated heterocycles. The van der Waals surface area contributed by atoms with Gasteiger partial charge in [0.1, 0.15) is 18.9 Å². The van der Waals surface area contributed by atoms with E-state index in [0.717, 1.165) is 5.56 Å². The van der Waals surface area contributed by atoms with Crippen molar-refractivity contribution in [2.24, 2.45) is 5.73 Å². The molecule has 1 radical (unpaired) electrons. The normalized spacial score (nSPS) is 16.8. The van der Waals surface area contributed by atoms with E-state index in [4.69, 9.17) is 5.73 Å². The third-order valence-corrected chi connectivity index (χ3v) is 2.44. The quantitative estimate of drug-likeness (QED) is 0.728. The Hall–Kier alpha value is -1.87. The van der Waals surface area contributed by atoms with E-state index in [1.807, 2.05) is 30.3 Å². The Bertz CT molecular complexity index is 409. The van der Waals surface area contributed by atoms with Gasteiger partial charge < -0.3 is 5.73 Å². The summed E-state index contributed by atoms with van der Waals surface area (Å²) < 4.78 is 0.0179. The van der Waals surface area contributed by atoms with Crippen molar-refractivity contribution in [2.75, 3.05) is 0 Å². The fourth-order valence-corrected chi connectivity index (χ4v) is 1.59. The highest BCUT2D eigenvalue weighted by Gasteiger charge is 2.32. The molecule has 0 spiro atoms. The van der Waals surface area contributed by atoms with Crippen molar-refractivity contribution in [3.05, 3.63) is 60.4 Å². The number of hydrogen-bond acceptors (Lipinski definition) is 1. The van der Waals surface area contributed by atoms with E-state index < -0.39 is 0 Å². The molecular weight excluding hydrogens is 188 g/mol. The van der Waals surface area contributed by atoms with Gasteiger partial charge in [0.15, 0.2) is 0 Å². The summed E-state index contributed by atoms with van der Waals surface area (Å²) in [6, 6.07) is 9.39. The molecule has 3 nitrogen and oxygen atoms in total. The monoisotopic (exact) mass is 200 g/mol. The molecule has 0 aromatic heterocycles. The second-order valence-electron chi connectivity index (χ2n) is 3.52. The Morgan fingerprint density at radius 2 is 2.07 bits per heavy atom. The summed E-state index contributed by atoms with van der Waals surface area (Å²) in [7, 11) is 0. The number of hydrogen-bond donors (Lipinski definition) is 1. The minimum absolute atomic E-state index is 0.0179. The van der Waals surface area contributed by atoms with Crippen molar-refractivity contribution in [2.45, 2.75) is 6.54 Å². The predicted octanol–water partition coefficient (Wildman–Crippen LogP) is 1.93. The lowest BCUT2D eigenvalue weighted by Gasteiger charge is -2.23. The van der Waals surface area contributed by atoms with Crippen molar-refractivity contribution in [3.63, 3.8) is 0 Å². The van der Waals surface area contributed by atoms with E-state index in [0.29, 0.717) is 6.54 Å². The zero-order valence-corrected chi connectivity index (χ0v) is 8.26. The van der Waals surface area contributed by atoms with E-state index in [1.165, 1.54) is 0 Å². The molecular formula is C12H12N2O+. The summed E-state index contributed by atoms with van der Waals surface area (Å²) in [5.41, 5.74) is 6.46. The van der Waals surface area contributed by atoms with Crippen LogP contribution in [0.25, 0.3) is 0 Å². The zero-order valence-electron chi connectivity index (χ0n) is 8.26. The number of urea groups is 1. The van der Waals surface area contributed by atoms with Gasteiger partial charge in [0.25, 0.3) is 0 Å². The van der Waals surface area contributed by atoms with Crippen LogP contribution in [0.4, 0.5) is 4.79 Å². The van der Waals surface area contributed by atoms with E-state index in [-0.39, 0.29) is 10.5 Å². The van der Waals surface area contributed by atoms with Crippen LogP contribution in [0.5, 0.6) is 0 Å².